The average Bonchev–Trinajstić information content (AvgIpc) is 2.69. The standard InChI is InChI=1S/C12H20N4O2S/c1-3-9(2)14-11-4-6-13-12(16-11)15-10-5-7-19(17,18)8-10/h4,6,9-10H,3,5,7-8H2,1-2H3,(H2,13,14,15,16). The zero-order valence-corrected chi connectivity index (χ0v) is 12.1. The van der Waals surface area contributed by atoms with Gasteiger partial charge in [0.25, 0.3) is 0 Å². The Bertz CT molecular complexity index is 532. The second kappa shape index (κ2) is 5.73. The molecule has 1 saturated heterocycles. The molecule has 1 fully saturated rings. The monoisotopic (exact) mass is 284 g/mol. The van der Waals surface area contributed by atoms with Crippen LogP contribution in [0.5, 0.6) is 0 Å². The first-order valence-corrected chi connectivity index (χ1v) is 8.37. The molecule has 7 heteroatoms. The summed E-state index contributed by atoms with van der Waals surface area (Å²) < 4.78 is 22.8. The topological polar surface area (TPSA) is 84.0 Å². The van der Waals surface area contributed by atoms with Crippen LogP contribution in [0.1, 0.15) is 26.7 Å². The van der Waals surface area contributed by atoms with Gasteiger partial charge in [-0.25, -0.2) is 13.4 Å². The fraction of sp³-hybridized carbons (Fsp3) is 0.667. The van der Waals surface area contributed by atoms with Crippen LogP contribution in [0.3, 0.4) is 0 Å². The van der Waals surface area contributed by atoms with Gasteiger partial charge in [0.2, 0.25) is 5.95 Å². The van der Waals surface area contributed by atoms with Gasteiger partial charge in [0, 0.05) is 18.3 Å². The highest BCUT2D eigenvalue weighted by Gasteiger charge is 2.28. The van der Waals surface area contributed by atoms with Gasteiger partial charge in [-0.3, -0.25) is 0 Å². The lowest BCUT2D eigenvalue weighted by molar-refractivity contribution is 0.602. The highest BCUT2D eigenvalue weighted by atomic mass is 32.2. The van der Waals surface area contributed by atoms with Crippen molar-refractivity contribution in [3.63, 3.8) is 0 Å². The SMILES string of the molecule is CCC(C)Nc1ccnc(NC2CCS(=O)(=O)C2)n1. The van der Waals surface area contributed by atoms with Crippen molar-refractivity contribution < 1.29 is 8.42 Å². The van der Waals surface area contributed by atoms with Gasteiger partial charge >= 0.3 is 0 Å². The molecule has 1 aliphatic rings. The third-order valence-electron chi connectivity index (χ3n) is 3.23. The van der Waals surface area contributed by atoms with Crippen LogP contribution in [0.25, 0.3) is 0 Å². The van der Waals surface area contributed by atoms with E-state index in [1.165, 1.54) is 0 Å². The number of anilines is 2. The van der Waals surface area contributed by atoms with Crippen molar-refractivity contribution in [3.05, 3.63) is 12.3 Å². The van der Waals surface area contributed by atoms with Crippen LogP contribution in [0.4, 0.5) is 11.8 Å². The van der Waals surface area contributed by atoms with Crippen molar-refractivity contribution in [3.8, 4) is 0 Å². The van der Waals surface area contributed by atoms with E-state index in [0.29, 0.717) is 18.4 Å². The third-order valence-corrected chi connectivity index (χ3v) is 5.00. The molecule has 1 aliphatic heterocycles. The minimum absolute atomic E-state index is 0.0798. The lowest BCUT2D eigenvalue weighted by Gasteiger charge is -2.14. The highest BCUT2D eigenvalue weighted by Crippen LogP contribution is 2.16. The predicted octanol–water partition coefficient (Wildman–Crippen LogP) is 1.29. The smallest absolute Gasteiger partial charge is 0.224 e. The van der Waals surface area contributed by atoms with Crippen molar-refractivity contribution in [2.45, 2.75) is 38.8 Å². The molecule has 0 spiro atoms. The summed E-state index contributed by atoms with van der Waals surface area (Å²) in [6.45, 7) is 4.18. The van der Waals surface area contributed by atoms with E-state index in [-0.39, 0.29) is 17.5 Å². The molecule has 0 aliphatic carbocycles. The summed E-state index contributed by atoms with van der Waals surface area (Å²) in [6.07, 6.45) is 3.30. The van der Waals surface area contributed by atoms with Crippen LogP contribution in [-0.2, 0) is 9.84 Å². The van der Waals surface area contributed by atoms with Gasteiger partial charge in [-0.05, 0) is 25.8 Å². The Hall–Kier alpha value is -1.37. The zero-order chi connectivity index (χ0) is 13.9. The molecule has 106 valence electrons. The Morgan fingerprint density at radius 3 is 2.95 bits per heavy atom. The minimum atomic E-state index is -2.88. The van der Waals surface area contributed by atoms with E-state index >= 15 is 0 Å². The van der Waals surface area contributed by atoms with E-state index < -0.39 is 9.84 Å². The molecule has 6 nitrogen and oxygen atoms in total. The van der Waals surface area contributed by atoms with Crippen molar-refractivity contribution in [2.24, 2.45) is 0 Å². The van der Waals surface area contributed by atoms with E-state index in [1.54, 1.807) is 6.20 Å². The first-order valence-electron chi connectivity index (χ1n) is 6.55. The predicted molar refractivity (Wildman–Crippen MR) is 76.1 cm³/mol. The van der Waals surface area contributed by atoms with Crippen LogP contribution >= 0.6 is 0 Å². The molecule has 0 bridgehead atoms. The van der Waals surface area contributed by atoms with Crippen LogP contribution < -0.4 is 10.6 Å². The van der Waals surface area contributed by atoms with Crippen LogP contribution in [0.2, 0.25) is 0 Å². The maximum atomic E-state index is 11.4. The second-order valence-corrected chi connectivity index (χ2v) is 7.19. The molecule has 2 unspecified atom stereocenters. The molecule has 0 saturated carbocycles. The number of nitrogens with one attached hydrogen (secondary N) is 2. The second-order valence-electron chi connectivity index (χ2n) is 4.96. The van der Waals surface area contributed by atoms with Crippen molar-refractivity contribution in [1.82, 2.24) is 9.97 Å². The fourth-order valence-corrected chi connectivity index (χ4v) is 3.63. The Kier molecular flexibility index (Phi) is 4.24. The molecule has 2 N–H and O–H groups in total. The largest absolute Gasteiger partial charge is 0.367 e. The van der Waals surface area contributed by atoms with E-state index in [2.05, 4.69) is 34.4 Å². The quantitative estimate of drug-likeness (QED) is 0.847. The number of aromatic nitrogens is 2. The molecule has 2 atom stereocenters. The summed E-state index contributed by atoms with van der Waals surface area (Å²) in [7, 11) is -2.88. The summed E-state index contributed by atoms with van der Waals surface area (Å²) in [5.74, 6) is 1.65. The fourth-order valence-electron chi connectivity index (χ4n) is 1.95. The van der Waals surface area contributed by atoms with Gasteiger partial charge in [-0.1, -0.05) is 6.92 Å². The number of sulfone groups is 1. The van der Waals surface area contributed by atoms with Crippen LogP contribution in [0, 0.1) is 0 Å². The Morgan fingerprint density at radius 2 is 2.32 bits per heavy atom. The lowest BCUT2D eigenvalue weighted by Crippen LogP contribution is -2.22. The van der Waals surface area contributed by atoms with Crippen LogP contribution in [-0.4, -0.2) is 42.0 Å². The molecule has 1 aromatic heterocycles. The molecule has 0 amide bonds. The minimum Gasteiger partial charge on any atom is -0.367 e. The summed E-state index contributed by atoms with van der Waals surface area (Å²) in [4.78, 5) is 8.47. The first kappa shape index (κ1) is 14.0. The van der Waals surface area contributed by atoms with Gasteiger partial charge in [0.05, 0.1) is 11.5 Å². The highest BCUT2D eigenvalue weighted by molar-refractivity contribution is 7.91. The molecule has 0 aromatic carbocycles. The molecule has 2 heterocycles. The molecule has 1 aromatic rings. The number of hydrogen-bond donors (Lipinski definition) is 2. The van der Waals surface area contributed by atoms with Crippen molar-refractivity contribution in [1.29, 1.82) is 0 Å². The molecule has 0 radical (unpaired) electrons. The number of rotatable bonds is 5. The van der Waals surface area contributed by atoms with Gasteiger partial charge in [-0.15, -0.1) is 0 Å². The first-order chi connectivity index (χ1) is 8.98. The van der Waals surface area contributed by atoms with Crippen molar-refractivity contribution >= 4 is 21.6 Å². The van der Waals surface area contributed by atoms with E-state index in [0.717, 1.165) is 12.2 Å². The summed E-state index contributed by atoms with van der Waals surface area (Å²) in [5, 5.41) is 6.35. The summed E-state index contributed by atoms with van der Waals surface area (Å²) in [6, 6.07) is 2.07. The number of nitrogens with zero attached hydrogens (tertiary/aromatic N) is 2. The van der Waals surface area contributed by atoms with Gasteiger partial charge < -0.3 is 10.6 Å². The summed E-state index contributed by atoms with van der Waals surface area (Å²) in [5.41, 5.74) is 0. The van der Waals surface area contributed by atoms with Gasteiger partial charge in [-0.2, -0.15) is 4.98 Å². The normalized spacial score (nSPS) is 22.9. The Labute approximate surface area is 114 Å². The average molecular weight is 284 g/mol. The zero-order valence-electron chi connectivity index (χ0n) is 11.3. The van der Waals surface area contributed by atoms with Gasteiger partial charge in [0.1, 0.15) is 5.82 Å². The maximum Gasteiger partial charge on any atom is 0.224 e. The maximum absolute atomic E-state index is 11.4. The van der Waals surface area contributed by atoms with Crippen LogP contribution in [0.15, 0.2) is 12.3 Å². The van der Waals surface area contributed by atoms with E-state index in [4.69, 9.17) is 0 Å². The Morgan fingerprint density at radius 1 is 1.53 bits per heavy atom. The molecular formula is C12H20N4O2S. The third kappa shape index (κ3) is 4.05. The number of hydrogen-bond acceptors (Lipinski definition) is 6. The Balaban J connectivity index is 1.99. The summed E-state index contributed by atoms with van der Waals surface area (Å²) >= 11 is 0. The molecule has 19 heavy (non-hydrogen) atoms. The van der Waals surface area contributed by atoms with E-state index in [1.807, 2.05) is 6.07 Å². The van der Waals surface area contributed by atoms with Gasteiger partial charge in [0.15, 0.2) is 9.84 Å². The molecular weight excluding hydrogens is 264 g/mol. The van der Waals surface area contributed by atoms with E-state index in [9.17, 15) is 8.42 Å². The van der Waals surface area contributed by atoms with Crippen molar-refractivity contribution in [2.75, 3.05) is 22.1 Å². The lowest BCUT2D eigenvalue weighted by atomic mass is 10.2. The molecule has 2 rings (SSSR count).